The molecule has 2 N–H and O–H groups in total. The van der Waals surface area contributed by atoms with Gasteiger partial charge in [-0.25, -0.2) is 9.18 Å². The maximum Gasteiger partial charge on any atom is 0.414 e. The molecule has 0 spiro atoms. The van der Waals surface area contributed by atoms with Crippen molar-refractivity contribution in [1.29, 1.82) is 10.5 Å². The standard InChI is InChI=1S/C25H25FN6O2S/c1-17(35)29-14-20-15-32(24(33)34-20)19-6-7-23(21(26)12-19)31-10-8-25(16-28,9-11-31)30-22-5-3-2-4-18(22)13-27/h2-7,12,20,30H,8-11,14-15H2,1H3,(H,29,35). The first kappa shape index (κ1) is 24.2. The molecule has 8 nitrogen and oxygen atoms in total. The fourth-order valence-corrected chi connectivity index (χ4v) is 4.44. The van der Waals surface area contributed by atoms with Crippen molar-refractivity contribution in [2.45, 2.75) is 31.4 Å². The zero-order valence-corrected chi connectivity index (χ0v) is 20.1. The van der Waals surface area contributed by atoms with Gasteiger partial charge in [0, 0.05) is 25.9 Å². The van der Waals surface area contributed by atoms with Crippen LogP contribution in [0.2, 0.25) is 0 Å². The van der Waals surface area contributed by atoms with Crippen molar-refractivity contribution in [3.8, 4) is 12.1 Å². The summed E-state index contributed by atoms with van der Waals surface area (Å²) < 4.78 is 20.5. The molecule has 180 valence electrons. The Morgan fingerprint density at radius 3 is 2.66 bits per heavy atom. The van der Waals surface area contributed by atoms with E-state index in [4.69, 9.17) is 17.0 Å². The first-order chi connectivity index (χ1) is 16.8. The summed E-state index contributed by atoms with van der Waals surface area (Å²) >= 11 is 4.99. The molecular formula is C25H25FN6O2S. The van der Waals surface area contributed by atoms with E-state index in [0.29, 0.717) is 66.6 Å². The zero-order chi connectivity index (χ0) is 25.0. The number of carbonyl (C=O) groups excluding carboxylic acids is 1. The summed E-state index contributed by atoms with van der Waals surface area (Å²) in [4.78, 5) is 16.2. The third-order valence-corrected chi connectivity index (χ3v) is 6.43. The van der Waals surface area contributed by atoms with Crippen molar-refractivity contribution in [1.82, 2.24) is 5.32 Å². The molecule has 2 heterocycles. The molecule has 2 aliphatic rings. The Morgan fingerprint density at radius 1 is 1.26 bits per heavy atom. The number of benzene rings is 2. The van der Waals surface area contributed by atoms with Crippen LogP contribution in [0.4, 0.5) is 26.2 Å². The summed E-state index contributed by atoms with van der Waals surface area (Å²) in [5, 5.41) is 25.5. The van der Waals surface area contributed by atoms with Gasteiger partial charge in [0.1, 0.15) is 23.5 Å². The van der Waals surface area contributed by atoms with Gasteiger partial charge in [-0.3, -0.25) is 4.90 Å². The van der Waals surface area contributed by atoms with Crippen molar-refractivity contribution < 1.29 is 13.9 Å². The van der Waals surface area contributed by atoms with E-state index in [-0.39, 0.29) is 6.10 Å². The Balaban J connectivity index is 1.42. The minimum Gasteiger partial charge on any atom is -0.442 e. The lowest BCUT2D eigenvalue weighted by Crippen LogP contribution is -2.48. The summed E-state index contributed by atoms with van der Waals surface area (Å²) in [6, 6.07) is 16.3. The van der Waals surface area contributed by atoms with Crippen LogP contribution >= 0.6 is 12.2 Å². The van der Waals surface area contributed by atoms with E-state index in [0.717, 1.165) is 0 Å². The summed E-state index contributed by atoms with van der Waals surface area (Å²) in [6.07, 6.45) is 0.0165. The van der Waals surface area contributed by atoms with E-state index in [9.17, 15) is 15.3 Å². The molecule has 2 saturated heterocycles. The number of cyclic esters (lactones) is 1. The van der Waals surface area contributed by atoms with Gasteiger partial charge in [0.15, 0.2) is 0 Å². The smallest absolute Gasteiger partial charge is 0.414 e. The predicted molar refractivity (Wildman–Crippen MR) is 135 cm³/mol. The van der Waals surface area contributed by atoms with E-state index in [2.05, 4.69) is 22.8 Å². The molecule has 10 heteroatoms. The number of amides is 1. The van der Waals surface area contributed by atoms with Crippen LogP contribution in [0.25, 0.3) is 0 Å². The Bertz CT molecular complexity index is 1220. The van der Waals surface area contributed by atoms with Gasteiger partial charge in [0.2, 0.25) is 0 Å². The third-order valence-electron chi connectivity index (χ3n) is 6.29. The Kier molecular flexibility index (Phi) is 7.04. The van der Waals surface area contributed by atoms with Crippen LogP contribution in [0.3, 0.4) is 0 Å². The van der Waals surface area contributed by atoms with E-state index in [1.807, 2.05) is 11.0 Å². The van der Waals surface area contributed by atoms with Crippen LogP contribution in [-0.4, -0.2) is 48.9 Å². The Labute approximate surface area is 208 Å². The van der Waals surface area contributed by atoms with Gasteiger partial charge in [-0.05, 0) is 37.3 Å². The summed E-state index contributed by atoms with van der Waals surface area (Å²) in [7, 11) is 0. The number of nitriles is 2. The topological polar surface area (TPSA) is 104 Å². The Hall–Kier alpha value is -3.89. The Morgan fingerprint density at radius 2 is 2.00 bits per heavy atom. The lowest BCUT2D eigenvalue weighted by molar-refractivity contribution is 0.143. The second-order valence-electron chi connectivity index (χ2n) is 8.65. The van der Waals surface area contributed by atoms with Crippen molar-refractivity contribution >= 4 is 40.4 Å². The fourth-order valence-electron chi connectivity index (χ4n) is 4.36. The minimum absolute atomic E-state index is 0.303. The monoisotopic (exact) mass is 492 g/mol. The molecule has 0 bridgehead atoms. The highest BCUT2D eigenvalue weighted by Gasteiger charge is 2.37. The number of nitrogens with zero attached hydrogens (tertiary/aromatic N) is 4. The van der Waals surface area contributed by atoms with Crippen LogP contribution in [0.1, 0.15) is 25.3 Å². The molecule has 2 aromatic rings. The molecule has 0 saturated carbocycles. The van der Waals surface area contributed by atoms with E-state index < -0.39 is 17.4 Å². The number of anilines is 3. The van der Waals surface area contributed by atoms with E-state index >= 15 is 4.39 Å². The highest BCUT2D eigenvalue weighted by atomic mass is 32.1. The normalized spacial score (nSPS) is 18.9. The van der Waals surface area contributed by atoms with Gasteiger partial charge in [-0.2, -0.15) is 10.5 Å². The number of thiocarbonyl (C=S) groups is 1. The first-order valence-corrected chi connectivity index (χ1v) is 11.7. The third kappa shape index (κ3) is 5.28. The van der Waals surface area contributed by atoms with Crippen molar-refractivity contribution in [3.63, 3.8) is 0 Å². The average Bonchev–Trinajstić information content (AvgIpc) is 3.24. The minimum atomic E-state index is -0.844. The van der Waals surface area contributed by atoms with Gasteiger partial charge < -0.3 is 20.3 Å². The molecule has 2 aromatic carbocycles. The zero-order valence-electron chi connectivity index (χ0n) is 19.3. The largest absolute Gasteiger partial charge is 0.442 e. The number of para-hydroxylation sites is 1. The molecule has 35 heavy (non-hydrogen) atoms. The first-order valence-electron chi connectivity index (χ1n) is 11.3. The van der Waals surface area contributed by atoms with Crippen LogP contribution < -0.4 is 20.4 Å². The number of carbonyl (C=O) groups is 1. The number of nitrogens with one attached hydrogen (secondary N) is 2. The molecule has 1 atom stereocenters. The number of hydrogen-bond donors (Lipinski definition) is 2. The van der Waals surface area contributed by atoms with Crippen LogP contribution in [0.5, 0.6) is 0 Å². The lowest BCUT2D eigenvalue weighted by Gasteiger charge is -2.39. The second-order valence-corrected chi connectivity index (χ2v) is 9.26. The molecule has 0 radical (unpaired) electrons. The van der Waals surface area contributed by atoms with Crippen molar-refractivity contribution in [2.75, 3.05) is 41.3 Å². The van der Waals surface area contributed by atoms with Crippen LogP contribution in [-0.2, 0) is 4.74 Å². The van der Waals surface area contributed by atoms with E-state index in [1.165, 1.54) is 11.0 Å². The number of halogens is 1. The van der Waals surface area contributed by atoms with Gasteiger partial charge in [0.25, 0.3) is 0 Å². The molecular weight excluding hydrogens is 467 g/mol. The quantitative estimate of drug-likeness (QED) is 0.585. The lowest BCUT2D eigenvalue weighted by atomic mass is 9.88. The highest BCUT2D eigenvalue weighted by molar-refractivity contribution is 7.80. The number of rotatable bonds is 6. The second kappa shape index (κ2) is 10.2. The van der Waals surface area contributed by atoms with Gasteiger partial charge in [-0.1, -0.05) is 24.4 Å². The van der Waals surface area contributed by atoms with Crippen molar-refractivity contribution in [3.05, 3.63) is 53.8 Å². The summed E-state index contributed by atoms with van der Waals surface area (Å²) in [5.74, 6) is -0.446. The number of hydrogen-bond acceptors (Lipinski definition) is 7. The van der Waals surface area contributed by atoms with Crippen molar-refractivity contribution in [2.24, 2.45) is 0 Å². The number of piperidine rings is 1. The number of ether oxygens (including phenoxy) is 1. The van der Waals surface area contributed by atoms with Crippen LogP contribution in [0.15, 0.2) is 42.5 Å². The maximum absolute atomic E-state index is 15.1. The predicted octanol–water partition coefficient (Wildman–Crippen LogP) is 3.93. The summed E-state index contributed by atoms with van der Waals surface area (Å²) in [6.45, 7) is 3.38. The van der Waals surface area contributed by atoms with E-state index in [1.54, 1.807) is 37.3 Å². The van der Waals surface area contributed by atoms with Gasteiger partial charge >= 0.3 is 6.09 Å². The summed E-state index contributed by atoms with van der Waals surface area (Å²) in [5.41, 5.74) is 1.09. The molecule has 1 amide bonds. The fraction of sp³-hybridized carbons (Fsp3) is 0.360. The van der Waals surface area contributed by atoms with Gasteiger partial charge in [0.05, 0.1) is 46.8 Å². The van der Waals surface area contributed by atoms with Gasteiger partial charge in [-0.15, -0.1) is 0 Å². The average molecular weight is 493 g/mol. The molecule has 1 unspecified atom stereocenters. The molecule has 2 aliphatic heterocycles. The van der Waals surface area contributed by atoms with Crippen LogP contribution in [0, 0.1) is 28.5 Å². The molecule has 2 fully saturated rings. The SMILES string of the molecule is CC(=S)NCC1CN(c2ccc(N3CCC(C#N)(Nc4ccccc4C#N)CC3)c(F)c2)C(=O)O1. The maximum atomic E-state index is 15.1. The highest BCUT2D eigenvalue weighted by Crippen LogP contribution is 2.33. The molecule has 4 rings (SSSR count). The molecule has 0 aliphatic carbocycles. The molecule has 0 aromatic heterocycles.